The van der Waals surface area contributed by atoms with Crippen molar-refractivity contribution in [2.75, 3.05) is 0 Å². The van der Waals surface area contributed by atoms with E-state index in [1.165, 1.54) is 12.1 Å². The molecule has 0 unspecified atom stereocenters. The summed E-state index contributed by atoms with van der Waals surface area (Å²) in [5, 5.41) is 9.02. The molecule has 0 fully saturated rings. The van der Waals surface area contributed by atoms with Gasteiger partial charge in [-0.3, -0.25) is 0 Å². The molecular formula is C15H12F4O. The van der Waals surface area contributed by atoms with Crippen LogP contribution in [-0.4, -0.2) is 5.11 Å². The molecule has 2 aromatic carbocycles. The van der Waals surface area contributed by atoms with E-state index in [0.29, 0.717) is 11.1 Å². The van der Waals surface area contributed by atoms with Gasteiger partial charge in [0.05, 0.1) is 12.2 Å². The molecule has 0 spiro atoms. The minimum Gasteiger partial charge on any atom is -0.392 e. The van der Waals surface area contributed by atoms with Crippen molar-refractivity contribution >= 4 is 0 Å². The van der Waals surface area contributed by atoms with Gasteiger partial charge >= 0.3 is 6.18 Å². The summed E-state index contributed by atoms with van der Waals surface area (Å²) in [6, 6.07) is 7.41. The maximum absolute atomic E-state index is 13.7. The Kier molecular flexibility index (Phi) is 3.81. The van der Waals surface area contributed by atoms with E-state index in [-0.39, 0.29) is 11.1 Å². The predicted octanol–water partition coefficient (Wildman–Crippen LogP) is 4.31. The third-order valence-electron chi connectivity index (χ3n) is 3.10. The quantitative estimate of drug-likeness (QED) is 0.815. The number of rotatable bonds is 2. The molecule has 1 N–H and O–H groups in total. The number of alkyl halides is 3. The predicted molar refractivity (Wildman–Crippen MR) is 67.5 cm³/mol. The van der Waals surface area contributed by atoms with E-state index in [2.05, 4.69) is 0 Å². The lowest BCUT2D eigenvalue weighted by molar-refractivity contribution is -0.137. The van der Waals surface area contributed by atoms with Crippen molar-refractivity contribution in [2.45, 2.75) is 19.7 Å². The number of halogens is 4. The third kappa shape index (κ3) is 2.82. The zero-order valence-electron chi connectivity index (χ0n) is 10.6. The number of benzene rings is 2. The van der Waals surface area contributed by atoms with Crippen molar-refractivity contribution in [3.63, 3.8) is 0 Å². The summed E-state index contributed by atoms with van der Waals surface area (Å²) in [4.78, 5) is 0. The molecule has 5 heteroatoms. The normalized spacial score (nSPS) is 11.7. The van der Waals surface area contributed by atoms with Gasteiger partial charge < -0.3 is 5.11 Å². The van der Waals surface area contributed by atoms with Gasteiger partial charge in [-0.2, -0.15) is 13.2 Å². The maximum atomic E-state index is 13.7. The minimum absolute atomic E-state index is 0.153. The first-order chi connectivity index (χ1) is 9.32. The molecule has 0 aliphatic carbocycles. The Morgan fingerprint density at radius 2 is 1.75 bits per heavy atom. The number of hydrogen-bond acceptors (Lipinski definition) is 1. The second-order valence-electron chi connectivity index (χ2n) is 4.49. The summed E-state index contributed by atoms with van der Waals surface area (Å²) in [7, 11) is 0. The third-order valence-corrected chi connectivity index (χ3v) is 3.10. The van der Waals surface area contributed by atoms with Gasteiger partial charge in [0.15, 0.2) is 0 Å². The molecule has 0 aliphatic rings. The van der Waals surface area contributed by atoms with E-state index in [9.17, 15) is 17.6 Å². The van der Waals surface area contributed by atoms with Crippen molar-refractivity contribution < 1.29 is 22.7 Å². The SMILES string of the molecule is Cc1cc(-c2cccc(C(F)(F)F)c2)cc(F)c1CO. The van der Waals surface area contributed by atoms with E-state index in [1.807, 2.05) is 0 Å². The van der Waals surface area contributed by atoms with E-state index < -0.39 is 24.2 Å². The van der Waals surface area contributed by atoms with Crippen molar-refractivity contribution in [2.24, 2.45) is 0 Å². The van der Waals surface area contributed by atoms with Crippen LogP contribution in [0.2, 0.25) is 0 Å². The van der Waals surface area contributed by atoms with Gasteiger partial charge in [0.25, 0.3) is 0 Å². The smallest absolute Gasteiger partial charge is 0.392 e. The minimum atomic E-state index is -4.44. The first-order valence-corrected chi connectivity index (χ1v) is 5.90. The van der Waals surface area contributed by atoms with Gasteiger partial charge in [-0.15, -0.1) is 0 Å². The molecule has 0 radical (unpaired) electrons. The molecule has 0 bridgehead atoms. The molecule has 20 heavy (non-hydrogen) atoms. The summed E-state index contributed by atoms with van der Waals surface area (Å²) in [6.45, 7) is 1.16. The molecular weight excluding hydrogens is 272 g/mol. The number of aryl methyl sites for hydroxylation is 1. The zero-order chi connectivity index (χ0) is 14.9. The van der Waals surface area contributed by atoms with Crippen LogP contribution in [-0.2, 0) is 12.8 Å². The van der Waals surface area contributed by atoms with Gasteiger partial charge in [-0.25, -0.2) is 4.39 Å². The van der Waals surface area contributed by atoms with Crippen LogP contribution in [0, 0.1) is 12.7 Å². The zero-order valence-corrected chi connectivity index (χ0v) is 10.6. The fourth-order valence-electron chi connectivity index (χ4n) is 2.02. The van der Waals surface area contributed by atoms with Crippen LogP contribution in [0.4, 0.5) is 17.6 Å². The molecule has 0 saturated carbocycles. The van der Waals surface area contributed by atoms with Crippen molar-refractivity contribution in [1.29, 1.82) is 0 Å². The van der Waals surface area contributed by atoms with Crippen LogP contribution >= 0.6 is 0 Å². The maximum Gasteiger partial charge on any atom is 0.416 e. The lowest BCUT2D eigenvalue weighted by atomic mass is 9.98. The van der Waals surface area contributed by atoms with Gasteiger partial charge in [0.2, 0.25) is 0 Å². The second-order valence-corrected chi connectivity index (χ2v) is 4.49. The first-order valence-electron chi connectivity index (χ1n) is 5.90. The summed E-state index contributed by atoms with van der Waals surface area (Å²) in [5.74, 6) is -0.625. The Morgan fingerprint density at radius 1 is 1.05 bits per heavy atom. The molecule has 1 nitrogen and oxygen atoms in total. The monoisotopic (exact) mass is 284 g/mol. The fourth-order valence-corrected chi connectivity index (χ4v) is 2.02. The lowest BCUT2D eigenvalue weighted by Gasteiger charge is -2.11. The lowest BCUT2D eigenvalue weighted by Crippen LogP contribution is -2.04. The Hall–Kier alpha value is -1.88. The summed E-state index contributed by atoms with van der Waals surface area (Å²) < 4.78 is 51.7. The van der Waals surface area contributed by atoms with Gasteiger partial charge in [-0.05, 0) is 41.8 Å². The summed E-state index contributed by atoms with van der Waals surface area (Å²) in [6.07, 6.45) is -4.44. The van der Waals surface area contributed by atoms with E-state index in [4.69, 9.17) is 5.11 Å². The molecule has 106 valence electrons. The second kappa shape index (κ2) is 5.25. The average Bonchev–Trinajstić information content (AvgIpc) is 2.37. The number of aliphatic hydroxyl groups excluding tert-OH is 1. The van der Waals surface area contributed by atoms with Gasteiger partial charge in [-0.1, -0.05) is 18.2 Å². The van der Waals surface area contributed by atoms with Crippen molar-refractivity contribution in [1.82, 2.24) is 0 Å². The Labute approximate surface area is 113 Å². The van der Waals surface area contributed by atoms with Crippen LogP contribution < -0.4 is 0 Å². The van der Waals surface area contributed by atoms with Crippen molar-refractivity contribution in [3.8, 4) is 11.1 Å². The number of hydrogen-bond donors (Lipinski definition) is 1. The summed E-state index contributed by atoms with van der Waals surface area (Å²) >= 11 is 0. The summed E-state index contributed by atoms with van der Waals surface area (Å²) in [5.41, 5.74) is 0.509. The van der Waals surface area contributed by atoms with Crippen LogP contribution in [0.15, 0.2) is 36.4 Å². The van der Waals surface area contributed by atoms with Crippen LogP contribution in [0.25, 0.3) is 11.1 Å². The van der Waals surface area contributed by atoms with E-state index in [1.54, 1.807) is 13.0 Å². The molecule has 0 aliphatic heterocycles. The first kappa shape index (κ1) is 14.5. The topological polar surface area (TPSA) is 20.2 Å². The van der Waals surface area contributed by atoms with E-state index >= 15 is 0 Å². The average molecular weight is 284 g/mol. The van der Waals surface area contributed by atoms with Crippen LogP contribution in [0.5, 0.6) is 0 Å². The molecule has 0 heterocycles. The van der Waals surface area contributed by atoms with E-state index in [0.717, 1.165) is 18.2 Å². The van der Waals surface area contributed by atoms with Gasteiger partial charge in [0, 0.05) is 5.56 Å². The molecule has 2 aromatic rings. The Bertz CT molecular complexity index is 609. The molecule has 0 amide bonds. The molecule has 0 aromatic heterocycles. The Morgan fingerprint density at radius 3 is 2.30 bits per heavy atom. The van der Waals surface area contributed by atoms with Gasteiger partial charge in [0.1, 0.15) is 5.82 Å². The highest BCUT2D eigenvalue weighted by Gasteiger charge is 2.30. The van der Waals surface area contributed by atoms with Crippen LogP contribution in [0.1, 0.15) is 16.7 Å². The highest BCUT2D eigenvalue weighted by atomic mass is 19.4. The molecule has 0 atom stereocenters. The van der Waals surface area contributed by atoms with Crippen LogP contribution in [0.3, 0.4) is 0 Å². The fraction of sp³-hybridized carbons (Fsp3) is 0.200. The standard InChI is InChI=1S/C15H12F4O/c1-9-5-11(7-14(16)13(9)8-20)10-3-2-4-12(6-10)15(17,18)19/h2-7,20H,8H2,1H3. The highest BCUT2D eigenvalue weighted by Crippen LogP contribution is 2.33. The van der Waals surface area contributed by atoms with Crippen molar-refractivity contribution in [3.05, 3.63) is 58.9 Å². The Balaban J connectivity index is 2.52. The highest BCUT2D eigenvalue weighted by molar-refractivity contribution is 5.66. The molecule has 2 rings (SSSR count). The molecule has 0 saturated heterocycles. The largest absolute Gasteiger partial charge is 0.416 e. The number of aliphatic hydroxyl groups is 1.